The van der Waals surface area contributed by atoms with Crippen LogP contribution in [0.2, 0.25) is 0 Å². The molecular formula is C17H15N5S. The Morgan fingerprint density at radius 3 is 2.83 bits per heavy atom. The smallest absolute Gasteiger partial charge is 0.163 e. The van der Waals surface area contributed by atoms with Crippen molar-refractivity contribution in [3.8, 4) is 0 Å². The van der Waals surface area contributed by atoms with E-state index in [1.807, 2.05) is 12.3 Å². The van der Waals surface area contributed by atoms with E-state index >= 15 is 0 Å². The van der Waals surface area contributed by atoms with Crippen LogP contribution >= 0.6 is 11.8 Å². The van der Waals surface area contributed by atoms with Gasteiger partial charge in [0.25, 0.3) is 0 Å². The van der Waals surface area contributed by atoms with E-state index < -0.39 is 0 Å². The van der Waals surface area contributed by atoms with Crippen LogP contribution in [0.1, 0.15) is 11.1 Å². The molecule has 1 aliphatic heterocycles. The zero-order chi connectivity index (χ0) is 15.5. The summed E-state index contributed by atoms with van der Waals surface area (Å²) in [5.74, 6) is 0.825. The highest BCUT2D eigenvalue weighted by Gasteiger charge is 2.17. The fourth-order valence-electron chi connectivity index (χ4n) is 2.45. The van der Waals surface area contributed by atoms with Crippen LogP contribution in [0.5, 0.6) is 0 Å². The topological polar surface area (TPSA) is 62.7 Å². The Bertz CT molecular complexity index is 822. The van der Waals surface area contributed by atoms with Crippen molar-refractivity contribution in [1.82, 2.24) is 20.3 Å². The van der Waals surface area contributed by atoms with Gasteiger partial charge >= 0.3 is 0 Å². The first-order valence-electron chi connectivity index (χ1n) is 7.37. The SMILES string of the molecule is c1cncc(CNCc2ccc3c(c2)Nc2nccnc2S3)c1. The Kier molecular flexibility index (Phi) is 3.92. The fourth-order valence-corrected chi connectivity index (χ4v) is 3.32. The number of anilines is 2. The van der Waals surface area contributed by atoms with Gasteiger partial charge in [-0.15, -0.1) is 0 Å². The van der Waals surface area contributed by atoms with Gasteiger partial charge < -0.3 is 10.6 Å². The standard InChI is InChI=1S/C17H15N5S/c1-2-13(10-18-5-1)11-19-9-12-3-4-15-14(8-12)22-16-17(23-15)21-7-6-20-16/h1-8,10,19H,9,11H2,(H,20,22). The maximum absolute atomic E-state index is 4.34. The van der Waals surface area contributed by atoms with E-state index in [9.17, 15) is 0 Å². The van der Waals surface area contributed by atoms with Crippen LogP contribution in [-0.4, -0.2) is 15.0 Å². The summed E-state index contributed by atoms with van der Waals surface area (Å²) in [5.41, 5.74) is 3.50. The normalized spacial score (nSPS) is 12.2. The highest BCUT2D eigenvalue weighted by Crippen LogP contribution is 2.41. The van der Waals surface area contributed by atoms with Gasteiger partial charge in [-0.3, -0.25) is 4.98 Å². The molecule has 0 unspecified atom stereocenters. The molecule has 2 aromatic heterocycles. The van der Waals surface area contributed by atoms with Gasteiger partial charge in [0.05, 0.1) is 5.69 Å². The number of fused-ring (bicyclic) bond motifs is 2. The molecule has 1 aliphatic rings. The van der Waals surface area contributed by atoms with Crippen molar-refractivity contribution >= 4 is 23.3 Å². The van der Waals surface area contributed by atoms with Crippen LogP contribution in [0, 0.1) is 0 Å². The van der Waals surface area contributed by atoms with Gasteiger partial charge in [0.2, 0.25) is 0 Å². The van der Waals surface area contributed by atoms with Crippen molar-refractivity contribution in [2.24, 2.45) is 0 Å². The lowest BCUT2D eigenvalue weighted by Crippen LogP contribution is -2.13. The third-order valence-electron chi connectivity index (χ3n) is 3.55. The molecule has 0 radical (unpaired) electrons. The highest BCUT2D eigenvalue weighted by molar-refractivity contribution is 7.99. The summed E-state index contributed by atoms with van der Waals surface area (Å²) in [6, 6.07) is 10.5. The Balaban J connectivity index is 1.44. The molecule has 0 saturated heterocycles. The van der Waals surface area contributed by atoms with E-state index in [-0.39, 0.29) is 0 Å². The molecule has 0 aliphatic carbocycles. The summed E-state index contributed by atoms with van der Waals surface area (Å²) in [5, 5.41) is 7.72. The molecule has 3 heterocycles. The molecule has 6 heteroatoms. The van der Waals surface area contributed by atoms with Gasteiger partial charge in [0.1, 0.15) is 5.03 Å². The third kappa shape index (κ3) is 3.18. The first kappa shape index (κ1) is 14.2. The molecule has 23 heavy (non-hydrogen) atoms. The van der Waals surface area contributed by atoms with Gasteiger partial charge in [-0.1, -0.05) is 23.9 Å². The van der Waals surface area contributed by atoms with Crippen LogP contribution in [0.25, 0.3) is 0 Å². The number of hydrogen-bond donors (Lipinski definition) is 2. The second kappa shape index (κ2) is 6.36. The Morgan fingerprint density at radius 2 is 1.91 bits per heavy atom. The second-order valence-electron chi connectivity index (χ2n) is 5.23. The van der Waals surface area contributed by atoms with E-state index in [1.54, 1.807) is 30.4 Å². The van der Waals surface area contributed by atoms with Gasteiger partial charge in [0.15, 0.2) is 5.82 Å². The summed E-state index contributed by atoms with van der Waals surface area (Å²) >= 11 is 1.65. The summed E-state index contributed by atoms with van der Waals surface area (Å²) in [6.45, 7) is 1.61. The summed E-state index contributed by atoms with van der Waals surface area (Å²) in [4.78, 5) is 14.0. The van der Waals surface area contributed by atoms with Gasteiger partial charge in [-0.2, -0.15) is 0 Å². The summed E-state index contributed by atoms with van der Waals surface area (Å²) < 4.78 is 0. The number of benzene rings is 1. The van der Waals surface area contributed by atoms with E-state index in [2.05, 4.69) is 49.9 Å². The highest BCUT2D eigenvalue weighted by atomic mass is 32.2. The lowest BCUT2D eigenvalue weighted by molar-refractivity contribution is 0.691. The average Bonchev–Trinajstić information content (AvgIpc) is 2.61. The number of hydrogen-bond acceptors (Lipinski definition) is 6. The van der Waals surface area contributed by atoms with Crippen molar-refractivity contribution < 1.29 is 0 Å². The van der Waals surface area contributed by atoms with Gasteiger partial charge in [0, 0.05) is 42.8 Å². The Hall–Kier alpha value is -2.44. The zero-order valence-electron chi connectivity index (χ0n) is 12.4. The monoisotopic (exact) mass is 321 g/mol. The first-order valence-corrected chi connectivity index (χ1v) is 8.18. The van der Waals surface area contributed by atoms with E-state index in [4.69, 9.17) is 0 Å². The third-order valence-corrected chi connectivity index (χ3v) is 4.62. The molecule has 0 spiro atoms. The maximum atomic E-state index is 4.34. The van der Waals surface area contributed by atoms with Crippen molar-refractivity contribution in [3.05, 3.63) is 66.2 Å². The predicted octanol–water partition coefficient (Wildman–Crippen LogP) is 3.37. The van der Waals surface area contributed by atoms with Crippen LogP contribution in [0.4, 0.5) is 11.5 Å². The number of nitrogens with zero attached hydrogens (tertiary/aromatic N) is 3. The Morgan fingerprint density at radius 1 is 1.00 bits per heavy atom. The minimum atomic E-state index is 0.807. The largest absolute Gasteiger partial charge is 0.337 e. The second-order valence-corrected chi connectivity index (χ2v) is 6.26. The van der Waals surface area contributed by atoms with E-state index in [0.29, 0.717) is 0 Å². The van der Waals surface area contributed by atoms with Gasteiger partial charge in [-0.05, 0) is 29.3 Å². The molecule has 1 aromatic carbocycles. The van der Waals surface area contributed by atoms with Crippen LogP contribution < -0.4 is 10.6 Å². The number of pyridine rings is 1. The Labute approximate surface area is 138 Å². The quantitative estimate of drug-likeness (QED) is 0.601. The van der Waals surface area contributed by atoms with E-state index in [1.165, 1.54) is 16.0 Å². The molecule has 3 aromatic rings. The average molecular weight is 321 g/mol. The number of aromatic nitrogens is 3. The van der Waals surface area contributed by atoms with Crippen molar-refractivity contribution in [2.45, 2.75) is 23.0 Å². The summed E-state index contributed by atoms with van der Waals surface area (Å²) in [7, 11) is 0. The molecule has 2 N–H and O–H groups in total. The van der Waals surface area contributed by atoms with Gasteiger partial charge in [-0.25, -0.2) is 9.97 Å². The minimum absolute atomic E-state index is 0.807. The molecule has 0 fully saturated rings. The molecule has 0 amide bonds. The molecule has 0 atom stereocenters. The van der Waals surface area contributed by atoms with Crippen molar-refractivity contribution in [2.75, 3.05) is 5.32 Å². The fraction of sp³-hybridized carbons (Fsp3) is 0.118. The zero-order valence-corrected chi connectivity index (χ0v) is 13.2. The number of rotatable bonds is 4. The molecule has 5 nitrogen and oxygen atoms in total. The van der Waals surface area contributed by atoms with Crippen LogP contribution in [-0.2, 0) is 13.1 Å². The minimum Gasteiger partial charge on any atom is -0.337 e. The molecule has 114 valence electrons. The maximum Gasteiger partial charge on any atom is 0.163 e. The van der Waals surface area contributed by atoms with Crippen molar-refractivity contribution in [3.63, 3.8) is 0 Å². The predicted molar refractivity (Wildman–Crippen MR) is 90.7 cm³/mol. The molecular weight excluding hydrogens is 306 g/mol. The molecule has 0 saturated carbocycles. The first-order chi connectivity index (χ1) is 11.4. The van der Waals surface area contributed by atoms with Crippen LogP contribution in [0.15, 0.2) is 65.0 Å². The van der Waals surface area contributed by atoms with Crippen molar-refractivity contribution in [1.29, 1.82) is 0 Å². The number of nitrogens with one attached hydrogen (secondary N) is 2. The lowest BCUT2D eigenvalue weighted by Gasteiger charge is -2.19. The van der Waals surface area contributed by atoms with E-state index in [0.717, 1.165) is 29.6 Å². The van der Waals surface area contributed by atoms with Crippen LogP contribution in [0.3, 0.4) is 0 Å². The lowest BCUT2D eigenvalue weighted by atomic mass is 10.2. The molecule has 0 bridgehead atoms. The summed E-state index contributed by atoms with van der Waals surface area (Å²) in [6.07, 6.45) is 7.09. The molecule has 4 rings (SSSR count).